The normalized spacial score (nSPS) is 23.8. The number of ether oxygens (including phenoxy) is 1. The van der Waals surface area contributed by atoms with Gasteiger partial charge in [-0.1, -0.05) is 0 Å². The molecule has 0 aromatic carbocycles. The van der Waals surface area contributed by atoms with Crippen molar-refractivity contribution in [1.29, 1.82) is 0 Å². The maximum Gasteiger partial charge on any atom is 0.229 e. The van der Waals surface area contributed by atoms with Gasteiger partial charge in [-0.05, 0) is 32.6 Å². The lowest BCUT2D eigenvalue weighted by atomic mass is 9.96. The van der Waals surface area contributed by atoms with Crippen molar-refractivity contribution in [2.24, 2.45) is 7.05 Å². The van der Waals surface area contributed by atoms with Crippen LogP contribution < -0.4 is 5.32 Å². The number of fused-ring (bicyclic) bond motifs is 2. The van der Waals surface area contributed by atoms with Gasteiger partial charge in [-0.15, -0.1) is 0 Å². The second kappa shape index (κ2) is 7.87. The molecule has 4 heterocycles. The van der Waals surface area contributed by atoms with Gasteiger partial charge in [0.1, 0.15) is 12.4 Å². The standard InChI is InChI=1S/C20H28N6O2/c1-13-6-18(24-19(22-13)11-28-3)23-14-7-15-4-5-16(8-14)26(15)20(27)9-17-10-21-12-25(17)2/h6,10,12,14-16H,4-5,7-9,11H2,1-3H3,(H,22,23,24). The lowest BCUT2D eigenvalue weighted by Gasteiger charge is -2.39. The van der Waals surface area contributed by atoms with E-state index >= 15 is 0 Å². The number of carbonyl (C=O) groups excluding carboxylic acids is 1. The molecule has 2 bridgehead atoms. The van der Waals surface area contributed by atoms with Gasteiger partial charge in [-0.3, -0.25) is 4.79 Å². The maximum absolute atomic E-state index is 12.9. The summed E-state index contributed by atoms with van der Waals surface area (Å²) >= 11 is 0. The van der Waals surface area contributed by atoms with Crippen molar-refractivity contribution >= 4 is 11.7 Å². The molecule has 4 rings (SSSR count). The van der Waals surface area contributed by atoms with Crippen LogP contribution in [0.5, 0.6) is 0 Å². The smallest absolute Gasteiger partial charge is 0.229 e. The van der Waals surface area contributed by atoms with Crippen LogP contribution in [0.1, 0.15) is 42.9 Å². The van der Waals surface area contributed by atoms with Crippen molar-refractivity contribution in [2.45, 2.75) is 63.8 Å². The largest absolute Gasteiger partial charge is 0.377 e. The van der Waals surface area contributed by atoms with E-state index in [0.717, 1.165) is 42.9 Å². The van der Waals surface area contributed by atoms with Crippen LogP contribution in [0.4, 0.5) is 5.82 Å². The summed E-state index contributed by atoms with van der Waals surface area (Å²) in [5.74, 6) is 1.75. The molecule has 2 aliphatic heterocycles. The summed E-state index contributed by atoms with van der Waals surface area (Å²) in [6, 6.07) is 2.90. The molecule has 8 heteroatoms. The Hall–Kier alpha value is -2.48. The highest BCUT2D eigenvalue weighted by Crippen LogP contribution is 2.37. The maximum atomic E-state index is 12.9. The summed E-state index contributed by atoms with van der Waals surface area (Å²) < 4.78 is 7.08. The Labute approximate surface area is 165 Å². The molecule has 0 spiro atoms. The second-order valence-electron chi connectivity index (χ2n) is 7.92. The number of nitrogens with one attached hydrogen (secondary N) is 1. The molecule has 2 aromatic rings. The van der Waals surface area contributed by atoms with Gasteiger partial charge in [0.15, 0.2) is 5.82 Å². The number of hydrogen-bond donors (Lipinski definition) is 1. The zero-order valence-corrected chi connectivity index (χ0v) is 16.8. The van der Waals surface area contributed by atoms with E-state index in [0.29, 0.717) is 37.0 Å². The molecule has 0 saturated carbocycles. The summed E-state index contributed by atoms with van der Waals surface area (Å²) in [7, 11) is 3.58. The lowest BCUT2D eigenvalue weighted by molar-refractivity contribution is -0.135. The Kier molecular flexibility index (Phi) is 5.30. The number of nitrogens with zero attached hydrogens (tertiary/aromatic N) is 5. The first-order valence-electron chi connectivity index (χ1n) is 9.90. The van der Waals surface area contributed by atoms with E-state index in [2.05, 4.69) is 25.2 Å². The number of rotatable bonds is 6. The minimum absolute atomic E-state index is 0.217. The van der Waals surface area contributed by atoms with Crippen LogP contribution in [-0.2, 0) is 29.6 Å². The Morgan fingerprint density at radius 3 is 2.68 bits per heavy atom. The van der Waals surface area contributed by atoms with Gasteiger partial charge in [0.05, 0.1) is 12.7 Å². The van der Waals surface area contributed by atoms with E-state index in [1.807, 2.05) is 24.6 Å². The molecule has 8 nitrogen and oxygen atoms in total. The molecule has 1 N–H and O–H groups in total. The average molecular weight is 384 g/mol. The minimum atomic E-state index is 0.217. The van der Waals surface area contributed by atoms with E-state index in [4.69, 9.17) is 4.74 Å². The molecule has 2 aliphatic rings. The number of amides is 1. The molecule has 150 valence electrons. The molecule has 2 saturated heterocycles. The number of hydrogen-bond acceptors (Lipinski definition) is 6. The summed E-state index contributed by atoms with van der Waals surface area (Å²) in [4.78, 5) is 28.2. The first-order valence-corrected chi connectivity index (χ1v) is 9.90. The zero-order valence-electron chi connectivity index (χ0n) is 16.8. The average Bonchev–Trinajstić information content (AvgIpc) is 3.15. The van der Waals surface area contributed by atoms with Crippen LogP contribution >= 0.6 is 0 Å². The summed E-state index contributed by atoms with van der Waals surface area (Å²) in [6.45, 7) is 2.37. The first kappa shape index (κ1) is 18.9. The Morgan fingerprint density at radius 2 is 2.04 bits per heavy atom. The molecule has 0 aliphatic carbocycles. The zero-order chi connectivity index (χ0) is 19.7. The van der Waals surface area contributed by atoms with Gasteiger partial charge in [-0.25, -0.2) is 15.0 Å². The van der Waals surface area contributed by atoms with Gasteiger partial charge < -0.3 is 19.5 Å². The highest BCUT2D eigenvalue weighted by atomic mass is 16.5. The van der Waals surface area contributed by atoms with Crippen molar-refractivity contribution < 1.29 is 9.53 Å². The SMILES string of the molecule is COCc1nc(C)cc(NC2CC3CCC(C2)N3C(=O)Cc2cncn2C)n1. The quantitative estimate of drug-likeness (QED) is 0.818. The fourth-order valence-electron chi connectivity index (χ4n) is 4.61. The summed E-state index contributed by atoms with van der Waals surface area (Å²) in [5, 5.41) is 3.58. The van der Waals surface area contributed by atoms with Crippen LogP contribution in [0.15, 0.2) is 18.6 Å². The number of imidazole rings is 1. The second-order valence-corrected chi connectivity index (χ2v) is 7.92. The predicted molar refractivity (Wildman–Crippen MR) is 105 cm³/mol. The number of anilines is 1. The van der Waals surface area contributed by atoms with Gasteiger partial charge in [0.25, 0.3) is 0 Å². The van der Waals surface area contributed by atoms with Crippen molar-refractivity contribution in [3.8, 4) is 0 Å². The predicted octanol–water partition coefficient (Wildman–Crippen LogP) is 1.84. The topological polar surface area (TPSA) is 85.2 Å². The van der Waals surface area contributed by atoms with Crippen LogP contribution in [0.2, 0.25) is 0 Å². The van der Waals surface area contributed by atoms with Crippen molar-refractivity contribution in [1.82, 2.24) is 24.4 Å². The third-order valence-electron chi connectivity index (χ3n) is 5.80. The number of aromatic nitrogens is 4. The van der Waals surface area contributed by atoms with Gasteiger partial charge in [0.2, 0.25) is 5.91 Å². The molecule has 1 amide bonds. The molecular weight excluding hydrogens is 356 g/mol. The summed E-state index contributed by atoms with van der Waals surface area (Å²) in [5.41, 5.74) is 1.89. The first-order chi connectivity index (χ1) is 13.5. The highest BCUT2D eigenvalue weighted by molar-refractivity contribution is 5.79. The number of carbonyl (C=O) groups is 1. The van der Waals surface area contributed by atoms with Crippen LogP contribution in [-0.4, -0.2) is 55.6 Å². The van der Waals surface area contributed by atoms with E-state index in [-0.39, 0.29) is 5.91 Å². The van der Waals surface area contributed by atoms with Crippen molar-refractivity contribution in [2.75, 3.05) is 12.4 Å². The van der Waals surface area contributed by atoms with Gasteiger partial charge in [-0.2, -0.15) is 0 Å². The summed E-state index contributed by atoms with van der Waals surface area (Å²) in [6.07, 6.45) is 8.02. The highest BCUT2D eigenvalue weighted by Gasteiger charge is 2.43. The molecule has 28 heavy (non-hydrogen) atoms. The molecule has 2 aromatic heterocycles. The van der Waals surface area contributed by atoms with Crippen molar-refractivity contribution in [3.05, 3.63) is 35.8 Å². The third-order valence-corrected chi connectivity index (χ3v) is 5.80. The minimum Gasteiger partial charge on any atom is -0.377 e. The Morgan fingerprint density at radius 1 is 1.29 bits per heavy atom. The van der Waals surface area contributed by atoms with E-state index in [9.17, 15) is 4.79 Å². The molecular formula is C20H28N6O2. The molecule has 0 radical (unpaired) electrons. The Balaban J connectivity index is 1.41. The molecule has 2 atom stereocenters. The van der Waals surface area contributed by atoms with E-state index in [1.165, 1.54) is 0 Å². The Bertz CT molecular complexity index is 837. The van der Waals surface area contributed by atoms with Crippen molar-refractivity contribution in [3.63, 3.8) is 0 Å². The van der Waals surface area contributed by atoms with Gasteiger partial charge in [0, 0.05) is 55.9 Å². The molecule has 2 fully saturated rings. The fraction of sp³-hybridized carbons (Fsp3) is 0.600. The van der Waals surface area contributed by atoms with Crippen LogP contribution in [0.3, 0.4) is 0 Å². The fourth-order valence-corrected chi connectivity index (χ4v) is 4.61. The number of piperidine rings is 1. The third kappa shape index (κ3) is 3.87. The number of aryl methyl sites for hydroxylation is 2. The van der Waals surface area contributed by atoms with Crippen LogP contribution in [0.25, 0.3) is 0 Å². The van der Waals surface area contributed by atoms with E-state index < -0.39 is 0 Å². The van der Waals surface area contributed by atoms with Gasteiger partial charge >= 0.3 is 0 Å². The lowest BCUT2D eigenvalue weighted by Crippen LogP contribution is -2.50. The number of methoxy groups -OCH3 is 1. The monoisotopic (exact) mass is 384 g/mol. The van der Waals surface area contributed by atoms with E-state index in [1.54, 1.807) is 19.6 Å². The van der Waals surface area contributed by atoms with Crippen LogP contribution in [0, 0.1) is 6.92 Å². The molecule has 2 unspecified atom stereocenters.